The minimum atomic E-state index is -0.533. The number of nitrogens with two attached hydrogens (primary N) is 1. The van der Waals surface area contributed by atoms with Gasteiger partial charge in [-0.25, -0.2) is 4.79 Å². The molecule has 0 unspecified atom stereocenters. The molecule has 1 aromatic carbocycles. The first-order valence-corrected chi connectivity index (χ1v) is 9.47. The van der Waals surface area contributed by atoms with E-state index < -0.39 is 11.5 Å². The van der Waals surface area contributed by atoms with E-state index in [0.717, 1.165) is 5.56 Å². The van der Waals surface area contributed by atoms with Crippen molar-refractivity contribution in [1.29, 1.82) is 0 Å². The maximum absolute atomic E-state index is 12.3. The van der Waals surface area contributed by atoms with Crippen molar-refractivity contribution in [2.24, 2.45) is 5.73 Å². The highest BCUT2D eigenvalue weighted by atomic mass is 16.6. The summed E-state index contributed by atoms with van der Waals surface area (Å²) in [7, 11) is 0. The zero-order valence-corrected chi connectivity index (χ0v) is 16.6. The molecule has 0 spiro atoms. The Morgan fingerprint density at radius 3 is 2.50 bits per heavy atom. The van der Waals surface area contributed by atoms with Gasteiger partial charge in [-0.2, -0.15) is 0 Å². The number of benzene rings is 1. The van der Waals surface area contributed by atoms with Crippen LogP contribution in [0.4, 0.5) is 4.79 Å². The summed E-state index contributed by atoms with van der Waals surface area (Å²) in [5.74, 6) is -0.0383. The summed E-state index contributed by atoms with van der Waals surface area (Å²) in [6.07, 6.45) is 1.12. The lowest BCUT2D eigenvalue weighted by atomic mass is 10.1. The Labute approximate surface area is 164 Å². The van der Waals surface area contributed by atoms with E-state index in [1.165, 1.54) is 4.90 Å². The molecule has 1 aromatic rings. The Balaban J connectivity index is 1.55. The number of nitrogens with zero attached hydrogens (tertiary/aromatic N) is 2. The second-order valence-corrected chi connectivity index (χ2v) is 8.23. The first-order valence-electron chi connectivity index (χ1n) is 9.47. The summed E-state index contributed by atoms with van der Waals surface area (Å²) in [4.78, 5) is 38.6. The average Bonchev–Trinajstić information content (AvgIpc) is 2.88. The largest absolute Gasteiger partial charge is 0.490 e. The van der Waals surface area contributed by atoms with Crippen LogP contribution >= 0.6 is 0 Å². The molecule has 2 N–H and O–H groups in total. The van der Waals surface area contributed by atoms with E-state index in [9.17, 15) is 14.4 Å². The number of carbonyl (C=O) groups is 3. The number of ether oxygens (including phenoxy) is 2. The highest BCUT2D eigenvalue weighted by molar-refractivity contribution is 6.00. The van der Waals surface area contributed by atoms with Gasteiger partial charge in [-0.3, -0.25) is 9.59 Å². The minimum absolute atomic E-state index is 0.00411. The molecule has 0 aliphatic carbocycles. The van der Waals surface area contributed by atoms with Gasteiger partial charge in [0.1, 0.15) is 17.5 Å². The van der Waals surface area contributed by atoms with Crippen LogP contribution in [-0.2, 0) is 16.1 Å². The normalized spacial score (nSPS) is 17.5. The second kappa shape index (κ2) is 7.69. The number of hydrogen-bond donors (Lipinski definition) is 1. The van der Waals surface area contributed by atoms with E-state index in [-0.39, 0.29) is 24.6 Å². The van der Waals surface area contributed by atoms with Gasteiger partial charge in [0.25, 0.3) is 5.91 Å². The molecular formula is C20H27N3O5. The molecule has 8 heteroatoms. The van der Waals surface area contributed by atoms with Gasteiger partial charge in [0.05, 0.1) is 6.54 Å². The van der Waals surface area contributed by atoms with Gasteiger partial charge in [-0.1, -0.05) is 0 Å². The third kappa shape index (κ3) is 4.74. The Morgan fingerprint density at radius 1 is 1.21 bits per heavy atom. The van der Waals surface area contributed by atoms with Crippen molar-refractivity contribution in [3.8, 4) is 5.75 Å². The molecule has 0 aromatic heterocycles. The summed E-state index contributed by atoms with van der Waals surface area (Å²) in [6, 6.07) is 5.34. The topological polar surface area (TPSA) is 102 Å². The van der Waals surface area contributed by atoms with E-state index in [1.54, 1.807) is 17.0 Å². The Kier molecular flexibility index (Phi) is 5.49. The molecule has 1 saturated heterocycles. The number of rotatable bonds is 4. The van der Waals surface area contributed by atoms with Gasteiger partial charge in [0.2, 0.25) is 5.91 Å². The fourth-order valence-corrected chi connectivity index (χ4v) is 3.42. The zero-order valence-electron chi connectivity index (χ0n) is 16.6. The highest BCUT2D eigenvalue weighted by Crippen LogP contribution is 2.28. The van der Waals surface area contributed by atoms with Crippen LogP contribution in [0.5, 0.6) is 5.75 Å². The predicted octanol–water partition coefficient (Wildman–Crippen LogP) is 1.91. The molecule has 2 aliphatic heterocycles. The number of likely N-dealkylation sites (tertiary alicyclic amines) is 1. The number of hydrogen-bond acceptors (Lipinski definition) is 5. The van der Waals surface area contributed by atoms with Crippen LogP contribution in [0.1, 0.15) is 49.5 Å². The van der Waals surface area contributed by atoms with Gasteiger partial charge < -0.3 is 25.0 Å². The Bertz CT molecular complexity index is 779. The van der Waals surface area contributed by atoms with E-state index in [2.05, 4.69) is 0 Å². The van der Waals surface area contributed by atoms with Crippen molar-refractivity contribution in [2.75, 3.05) is 19.6 Å². The molecule has 2 heterocycles. The van der Waals surface area contributed by atoms with Crippen molar-refractivity contribution in [3.05, 3.63) is 29.3 Å². The fourth-order valence-electron chi connectivity index (χ4n) is 3.42. The quantitative estimate of drug-likeness (QED) is 0.847. The molecule has 28 heavy (non-hydrogen) atoms. The van der Waals surface area contributed by atoms with Crippen molar-refractivity contribution in [1.82, 2.24) is 9.80 Å². The number of piperidine rings is 1. The summed E-state index contributed by atoms with van der Waals surface area (Å²) in [5.41, 5.74) is 6.10. The number of fused-ring (bicyclic) bond motifs is 1. The maximum Gasteiger partial charge on any atom is 0.410 e. The lowest BCUT2D eigenvalue weighted by Crippen LogP contribution is -2.44. The summed E-state index contributed by atoms with van der Waals surface area (Å²) < 4.78 is 11.5. The van der Waals surface area contributed by atoms with E-state index in [1.807, 2.05) is 26.8 Å². The molecular weight excluding hydrogens is 362 g/mol. The first kappa shape index (κ1) is 20.0. The second-order valence-electron chi connectivity index (χ2n) is 8.23. The molecule has 0 bridgehead atoms. The third-order valence-corrected chi connectivity index (χ3v) is 4.70. The van der Waals surface area contributed by atoms with Crippen LogP contribution in [0.3, 0.4) is 0 Å². The smallest absolute Gasteiger partial charge is 0.410 e. The van der Waals surface area contributed by atoms with Crippen LogP contribution < -0.4 is 10.5 Å². The number of carbonyl (C=O) groups excluding carboxylic acids is 3. The Hall–Kier alpha value is -2.77. The fraction of sp³-hybridized carbons (Fsp3) is 0.550. The monoisotopic (exact) mass is 389 g/mol. The van der Waals surface area contributed by atoms with Gasteiger partial charge in [-0.15, -0.1) is 0 Å². The number of amides is 3. The summed E-state index contributed by atoms with van der Waals surface area (Å²) >= 11 is 0. The SMILES string of the molecule is CC(C)(C)OC(=O)N1CCC(Oc2ccc3c(c2)CN(CC(N)=O)C3=O)CC1. The van der Waals surface area contributed by atoms with Crippen LogP contribution in [0.2, 0.25) is 0 Å². The first-order chi connectivity index (χ1) is 13.1. The van der Waals surface area contributed by atoms with Crippen LogP contribution in [0, 0.1) is 0 Å². The summed E-state index contributed by atoms with van der Waals surface area (Å²) in [6.45, 7) is 6.97. The van der Waals surface area contributed by atoms with Crippen LogP contribution in [-0.4, -0.2) is 59.0 Å². The third-order valence-electron chi connectivity index (χ3n) is 4.70. The van der Waals surface area contributed by atoms with E-state index in [0.29, 0.717) is 43.8 Å². The molecule has 1 fully saturated rings. The maximum atomic E-state index is 12.3. The lowest BCUT2D eigenvalue weighted by Gasteiger charge is -2.33. The molecule has 3 rings (SSSR count). The van der Waals surface area contributed by atoms with Gasteiger partial charge >= 0.3 is 6.09 Å². The summed E-state index contributed by atoms with van der Waals surface area (Å²) in [5, 5.41) is 0. The van der Waals surface area contributed by atoms with Crippen molar-refractivity contribution in [2.45, 2.75) is 51.9 Å². The lowest BCUT2D eigenvalue weighted by molar-refractivity contribution is -0.118. The van der Waals surface area contributed by atoms with Gasteiger partial charge in [0, 0.05) is 38.0 Å². The van der Waals surface area contributed by atoms with E-state index in [4.69, 9.17) is 15.2 Å². The Morgan fingerprint density at radius 2 is 1.89 bits per heavy atom. The van der Waals surface area contributed by atoms with Gasteiger partial charge in [-0.05, 0) is 44.5 Å². The minimum Gasteiger partial charge on any atom is -0.490 e. The van der Waals surface area contributed by atoms with E-state index >= 15 is 0 Å². The standard InChI is InChI=1S/C20H27N3O5/c1-20(2,3)28-19(26)22-8-6-14(7-9-22)27-15-4-5-16-13(10-15)11-23(18(16)25)12-17(21)24/h4-5,10,14H,6-9,11-12H2,1-3H3,(H2,21,24). The molecule has 8 nitrogen and oxygen atoms in total. The van der Waals surface area contributed by atoms with Crippen LogP contribution in [0.15, 0.2) is 18.2 Å². The molecule has 0 atom stereocenters. The molecule has 0 radical (unpaired) electrons. The van der Waals surface area contributed by atoms with Crippen molar-refractivity contribution >= 4 is 17.9 Å². The average molecular weight is 389 g/mol. The number of primary amides is 1. The molecule has 2 aliphatic rings. The predicted molar refractivity (Wildman–Crippen MR) is 102 cm³/mol. The van der Waals surface area contributed by atoms with Crippen molar-refractivity contribution in [3.63, 3.8) is 0 Å². The van der Waals surface area contributed by atoms with Gasteiger partial charge in [0.15, 0.2) is 0 Å². The molecule has 152 valence electrons. The van der Waals surface area contributed by atoms with Crippen LogP contribution in [0.25, 0.3) is 0 Å². The molecule has 0 saturated carbocycles. The highest BCUT2D eigenvalue weighted by Gasteiger charge is 2.30. The van der Waals surface area contributed by atoms with Crippen molar-refractivity contribution < 1.29 is 23.9 Å². The molecule has 3 amide bonds. The zero-order chi connectivity index (χ0) is 20.5.